The minimum atomic E-state index is -0.230. The number of imidazole rings is 1. The third-order valence-corrected chi connectivity index (χ3v) is 3.03. The van der Waals surface area contributed by atoms with Gasteiger partial charge < -0.3 is 5.32 Å². The molecule has 0 aliphatic carbocycles. The lowest BCUT2D eigenvalue weighted by atomic mass is 10.2. The fourth-order valence-electron chi connectivity index (χ4n) is 2.08. The first kappa shape index (κ1) is 12.2. The Balaban J connectivity index is 2.03. The van der Waals surface area contributed by atoms with E-state index < -0.39 is 0 Å². The van der Waals surface area contributed by atoms with E-state index in [1.807, 2.05) is 53.1 Å². The van der Waals surface area contributed by atoms with Crippen LogP contribution in [-0.4, -0.2) is 15.5 Å². The lowest BCUT2D eigenvalue weighted by molar-refractivity contribution is -0.111. The molecule has 3 aromatic rings. The van der Waals surface area contributed by atoms with Crippen LogP contribution in [-0.2, 0) is 4.79 Å². The molecule has 98 valence electrons. The highest BCUT2D eigenvalue weighted by molar-refractivity contribution is 6.00. The van der Waals surface area contributed by atoms with Crippen molar-refractivity contribution < 1.29 is 4.79 Å². The predicted octanol–water partition coefficient (Wildman–Crippen LogP) is 3.15. The molecule has 0 aliphatic heterocycles. The molecule has 2 aromatic carbocycles. The van der Waals surface area contributed by atoms with Crippen molar-refractivity contribution in [1.82, 2.24) is 9.55 Å². The lowest BCUT2D eigenvalue weighted by Crippen LogP contribution is -2.06. The molecule has 0 spiro atoms. The van der Waals surface area contributed by atoms with E-state index in [0.717, 1.165) is 16.7 Å². The SMILES string of the molecule is C=CC(=O)Nc1ccc2c(c1)ncn2-c1ccccc1. The maximum Gasteiger partial charge on any atom is 0.247 e. The van der Waals surface area contributed by atoms with Gasteiger partial charge in [0.25, 0.3) is 0 Å². The molecule has 4 heteroatoms. The second kappa shape index (κ2) is 5.01. The Kier molecular flexibility index (Phi) is 3.05. The minimum absolute atomic E-state index is 0.230. The van der Waals surface area contributed by atoms with Crippen molar-refractivity contribution in [2.75, 3.05) is 5.32 Å². The van der Waals surface area contributed by atoms with E-state index >= 15 is 0 Å². The Labute approximate surface area is 116 Å². The maximum absolute atomic E-state index is 11.3. The Hall–Kier alpha value is -2.88. The van der Waals surface area contributed by atoms with Gasteiger partial charge in [-0.25, -0.2) is 4.98 Å². The molecule has 1 aromatic heterocycles. The Bertz CT molecular complexity index is 775. The molecule has 3 rings (SSSR count). The molecular weight excluding hydrogens is 250 g/mol. The number of carbonyl (C=O) groups is 1. The van der Waals surface area contributed by atoms with E-state index in [2.05, 4.69) is 16.9 Å². The highest BCUT2D eigenvalue weighted by Gasteiger charge is 2.06. The number of fused-ring (bicyclic) bond motifs is 1. The summed E-state index contributed by atoms with van der Waals surface area (Å²) >= 11 is 0. The fraction of sp³-hybridized carbons (Fsp3) is 0. The van der Waals surface area contributed by atoms with Crippen LogP contribution in [0.5, 0.6) is 0 Å². The molecule has 1 N–H and O–H groups in total. The van der Waals surface area contributed by atoms with Crippen LogP contribution in [0.25, 0.3) is 16.7 Å². The van der Waals surface area contributed by atoms with Crippen molar-refractivity contribution in [2.24, 2.45) is 0 Å². The summed E-state index contributed by atoms with van der Waals surface area (Å²) in [5.41, 5.74) is 3.59. The summed E-state index contributed by atoms with van der Waals surface area (Å²) in [5.74, 6) is -0.230. The van der Waals surface area contributed by atoms with Gasteiger partial charge in [0.05, 0.1) is 11.0 Å². The number of hydrogen-bond donors (Lipinski definition) is 1. The largest absolute Gasteiger partial charge is 0.322 e. The second-order valence-electron chi connectivity index (χ2n) is 4.35. The molecule has 1 heterocycles. The van der Waals surface area contributed by atoms with Gasteiger partial charge in [-0.15, -0.1) is 0 Å². The molecule has 20 heavy (non-hydrogen) atoms. The maximum atomic E-state index is 11.3. The number of rotatable bonds is 3. The van der Waals surface area contributed by atoms with E-state index in [0.29, 0.717) is 5.69 Å². The molecule has 0 atom stereocenters. The fourth-order valence-corrected chi connectivity index (χ4v) is 2.08. The third-order valence-electron chi connectivity index (χ3n) is 3.03. The summed E-state index contributed by atoms with van der Waals surface area (Å²) in [7, 11) is 0. The molecule has 0 bridgehead atoms. The van der Waals surface area contributed by atoms with Gasteiger partial charge in [-0.05, 0) is 36.4 Å². The van der Waals surface area contributed by atoms with Crippen LogP contribution in [0.1, 0.15) is 0 Å². The van der Waals surface area contributed by atoms with Crippen molar-refractivity contribution >= 4 is 22.6 Å². The van der Waals surface area contributed by atoms with Crippen molar-refractivity contribution in [3.63, 3.8) is 0 Å². The predicted molar refractivity (Wildman–Crippen MR) is 79.9 cm³/mol. The number of benzene rings is 2. The number of aromatic nitrogens is 2. The average Bonchev–Trinajstić information content (AvgIpc) is 2.91. The molecule has 1 amide bonds. The van der Waals surface area contributed by atoms with Crippen LogP contribution in [0.3, 0.4) is 0 Å². The van der Waals surface area contributed by atoms with Gasteiger partial charge in [0.2, 0.25) is 5.91 Å². The molecule has 0 radical (unpaired) electrons. The van der Waals surface area contributed by atoms with Gasteiger partial charge in [-0.1, -0.05) is 24.8 Å². The molecule has 0 unspecified atom stereocenters. The van der Waals surface area contributed by atoms with Crippen molar-refractivity contribution in [3.8, 4) is 5.69 Å². The number of carbonyl (C=O) groups excluding carboxylic acids is 1. The van der Waals surface area contributed by atoms with Gasteiger partial charge in [0.15, 0.2) is 0 Å². The summed E-state index contributed by atoms with van der Waals surface area (Å²) in [6, 6.07) is 15.6. The molecular formula is C16H13N3O. The summed E-state index contributed by atoms with van der Waals surface area (Å²) in [5, 5.41) is 2.73. The van der Waals surface area contributed by atoms with Crippen LogP contribution in [0, 0.1) is 0 Å². The van der Waals surface area contributed by atoms with Crippen LogP contribution in [0.2, 0.25) is 0 Å². The quantitative estimate of drug-likeness (QED) is 0.738. The van der Waals surface area contributed by atoms with E-state index in [9.17, 15) is 4.79 Å². The third kappa shape index (κ3) is 2.19. The van der Waals surface area contributed by atoms with Crippen molar-refractivity contribution in [3.05, 3.63) is 67.5 Å². The highest BCUT2D eigenvalue weighted by Crippen LogP contribution is 2.21. The number of amides is 1. The van der Waals surface area contributed by atoms with Gasteiger partial charge >= 0.3 is 0 Å². The van der Waals surface area contributed by atoms with Crippen LogP contribution < -0.4 is 5.32 Å². The van der Waals surface area contributed by atoms with Gasteiger partial charge in [-0.2, -0.15) is 0 Å². The summed E-state index contributed by atoms with van der Waals surface area (Å²) < 4.78 is 2.01. The van der Waals surface area contributed by atoms with Gasteiger partial charge in [0, 0.05) is 11.4 Å². The van der Waals surface area contributed by atoms with Crippen molar-refractivity contribution in [1.29, 1.82) is 0 Å². The highest BCUT2D eigenvalue weighted by atomic mass is 16.1. The molecule has 0 fully saturated rings. The number of para-hydroxylation sites is 1. The molecule has 0 saturated carbocycles. The van der Waals surface area contributed by atoms with E-state index in [1.54, 1.807) is 6.33 Å². The summed E-state index contributed by atoms with van der Waals surface area (Å²) in [6.07, 6.45) is 3.02. The van der Waals surface area contributed by atoms with E-state index in [-0.39, 0.29) is 5.91 Å². The minimum Gasteiger partial charge on any atom is -0.322 e. The molecule has 0 aliphatic rings. The van der Waals surface area contributed by atoms with E-state index in [4.69, 9.17) is 0 Å². The molecule has 0 saturated heterocycles. The van der Waals surface area contributed by atoms with Crippen LogP contribution in [0.4, 0.5) is 5.69 Å². The van der Waals surface area contributed by atoms with Gasteiger partial charge in [0.1, 0.15) is 6.33 Å². The summed E-state index contributed by atoms with van der Waals surface area (Å²) in [6.45, 7) is 3.43. The first-order valence-electron chi connectivity index (χ1n) is 6.24. The Morgan fingerprint density at radius 3 is 2.75 bits per heavy atom. The van der Waals surface area contributed by atoms with Crippen molar-refractivity contribution in [2.45, 2.75) is 0 Å². The first-order chi connectivity index (χ1) is 9.78. The second-order valence-corrected chi connectivity index (χ2v) is 4.35. The Morgan fingerprint density at radius 2 is 2.00 bits per heavy atom. The van der Waals surface area contributed by atoms with Gasteiger partial charge in [-0.3, -0.25) is 9.36 Å². The smallest absolute Gasteiger partial charge is 0.247 e. The monoisotopic (exact) mass is 263 g/mol. The van der Waals surface area contributed by atoms with E-state index in [1.165, 1.54) is 6.08 Å². The molecule has 4 nitrogen and oxygen atoms in total. The standard InChI is InChI=1S/C16H13N3O/c1-2-16(20)18-12-8-9-15-14(10-12)17-11-19(15)13-6-4-3-5-7-13/h2-11H,1H2,(H,18,20). The number of anilines is 1. The topological polar surface area (TPSA) is 46.9 Å². The number of nitrogens with zero attached hydrogens (tertiary/aromatic N) is 2. The summed E-state index contributed by atoms with van der Waals surface area (Å²) in [4.78, 5) is 15.7. The van der Waals surface area contributed by atoms with Crippen LogP contribution in [0.15, 0.2) is 67.5 Å². The average molecular weight is 263 g/mol. The Morgan fingerprint density at radius 1 is 1.20 bits per heavy atom. The van der Waals surface area contributed by atoms with Crippen LogP contribution >= 0.6 is 0 Å². The normalized spacial score (nSPS) is 10.4. The zero-order chi connectivity index (χ0) is 13.9. The number of hydrogen-bond acceptors (Lipinski definition) is 2. The zero-order valence-corrected chi connectivity index (χ0v) is 10.8. The number of nitrogens with one attached hydrogen (secondary N) is 1. The first-order valence-corrected chi connectivity index (χ1v) is 6.24. The zero-order valence-electron chi connectivity index (χ0n) is 10.8. The lowest BCUT2D eigenvalue weighted by Gasteiger charge is -2.05.